The van der Waals surface area contributed by atoms with Gasteiger partial charge in [0.05, 0.1) is 28.0 Å². The first kappa shape index (κ1) is 19.2. The van der Waals surface area contributed by atoms with E-state index in [1.165, 1.54) is 17.3 Å². The van der Waals surface area contributed by atoms with E-state index in [-0.39, 0.29) is 17.1 Å². The molecule has 0 aliphatic heterocycles. The van der Waals surface area contributed by atoms with Crippen LogP contribution in [0.2, 0.25) is 0 Å². The van der Waals surface area contributed by atoms with Crippen LogP contribution in [0.3, 0.4) is 0 Å². The number of para-hydroxylation sites is 1. The SMILES string of the molecule is CCc1ccc(-n2c(SCC(=O)c3cccn3C)nc3ccccc3c2=O)cc1. The molecular formula is C23H21N3O2S. The number of hydrogen-bond acceptors (Lipinski definition) is 4. The van der Waals surface area contributed by atoms with Gasteiger partial charge in [-0.3, -0.25) is 14.2 Å². The van der Waals surface area contributed by atoms with Crippen LogP contribution in [-0.2, 0) is 13.5 Å². The number of fused-ring (bicyclic) bond motifs is 1. The Morgan fingerprint density at radius 1 is 1.03 bits per heavy atom. The van der Waals surface area contributed by atoms with Crippen LogP contribution >= 0.6 is 11.8 Å². The number of thioether (sulfide) groups is 1. The van der Waals surface area contributed by atoms with E-state index < -0.39 is 0 Å². The van der Waals surface area contributed by atoms with E-state index in [9.17, 15) is 9.59 Å². The molecule has 0 saturated carbocycles. The van der Waals surface area contributed by atoms with Crippen LogP contribution in [0.1, 0.15) is 23.0 Å². The highest BCUT2D eigenvalue weighted by molar-refractivity contribution is 7.99. The number of carbonyl (C=O) groups excluding carboxylic acids is 1. The molecule has 0 unspecified atom stereocenters. The molecule has 0 aliphatic rings. The molecule has 0 bridgehead atoms. The molecule has 2 heterocycles. The predicted molar refractivity (Wildman–Crippen MR) is 117 cm³/mol. The molecule has 2 aromatic heterocycles. The molecule has 0 aliphatic carbocycles. The van der Waals surface area contributed by atoms with Crippen molar-refractivity contribution in [1.82, 2.24) is 14.1 Å². The highest BCUT2D eigenvalue weighted by atomic mass is 32.2. The third-order valence-electron chi connectivity index (χ3n) is 4.91. The summed E-state index contributed by atoms with van der Waals surface area (Å²) in [4.78, 5) is 30.6. The van der Waals surface area contributed by atoms with Crippen LogP contribution in [0.15, 0.2) is 76.8 Å². The predicted octanol–water partition coefficient (Wildman–Crippen LogP) is 4.26. The van der Waals surface area contributed by atoms with Crippen molar-refractivity contribution in [2.75, 3.05) is 5.75 Å². The number of carbonyl (C=O) groups is 1. The van der Waals surface area contributed by atoms with Crippen LogP contribution in [0, 0.1) is 0 Å². The smallest absolute Gasteiger partial charge is 0.266 e. The first-order valence-electron chi connectivity index (χ1n) is 9.47. The standard InChI is InChI=1S/C23H21N3O2S/c1-3-16-10-12-17(13-11-16)26-22(28)18-7-4-5-8-19(18)24-23(26)29-15-21(27)20-9-6-14-25(20)2/h4-14H,3,15H2,1-2H3. The molecule has 0 amide bonds. The van der Waals surface area contributed by atoms with E-state index >= 15 is 0 Å². The van der Waals surface area contributed by atoms with Gasteiger partial charge in [-0.2, -0.15) is 0 Å². The lowest BCUT2D eigenvalue weighted by Crippen LogP contribution is -2.22. The summed E-state index contributed by atoms with van der Waals surface area (Å²) >= 11 is 1.28. The van der Waals surface area contributed by atoms with Gasteiger partial charge in [0.1, 0.15) is 0 Å². The zero-order valence-corrected chi connectivity index (χ0v) is 17.1. The molecule has 0 fully saturated rings. The topological polar surface area (TPSA) is 56.9 Å². The van der Waals surface area contributed by atoms with Crippen molar-refractivity contribution in [3.8, 4) is 5.69 Å². The molecule has 6 heteroatoms. The van der Waals surface area contributed by atoms with Crippen molar-refractivity contribution in [2.24, 2.45) is 7.05 Å². The maximum Gasteiger partial charge on any atom is 0.266 e. The maximum atomic E-state index is 13.3. The molecule has 29 heavy (non-hydrogen) atoms. The monoisotopic (exact) mass is 403 g/mol. The molecular weight excluding hydrogens is 382 g/mol. The first-order valence-corrected chi connectivity index (χ1v) is 10.5. The fraction of sp³-hybridized carbons (Fsp3) is 0.174. The van der Waals surface area contributed by atoms with Crippen molar-refractivity contribution in [3.63, 3.8) is 0 Å². The average molecular weight is 404 g/mol. The summed E-state index contributed by atoms with van der Waals surface area (Å²) in [6.07, 6.45) is 2.77. The second-order valence-electron chi connectivity index (χ2n) is 6.79. The largest absolute Gasteiger partial charge is 0.348 e. The number of rotatable bonds is 6. The molecule has 2 aromatic carbocycles. The normalized spacial score (nSPS) is 11.1. The molecule has 0 spiro atoms. The summed E-state index contributed by atoms with van der Waals surface area (Å²) in [5.41, 5.74) is 3.09. The van der Waals surface area contributed by atoms with Crippen molar-refractivity contribution < 1.29 is 4.79 Å². The zero-order chi connectivity index (χ0) is 20.4. The van der Waals surface area contributed by atoms with E-state index in [0.29, 0.717) is 21.8 Å². The van der Waals surface area contributed by atoms with Gasteiger partial charge in [0, 0.05) is 13.2 Å². The van der Waals surface area contributed by atoms with Gasteiger partial charge < -0.3 is 4.57 Å². The summed E-state index contributed by atoms with van der Waals surface area (Å²) in [5, 5.41) is 1.07. The second-order valence-corrected chi connectivity index (χ2v) is 7.73. The van der Waals surface area contributed by atoms with E-state index in [4.69, 9.17) is 4.98 Å². The van der Waals surface area contributed by atoms with Crippen LogP contribution in [0.5, 0.6) is 0 Å². The van der Waals surface area contributed by atoms with Crippen molar-refractivity contribution >= 4 is 28.4 Å². The van der Waals surface area contributed by atoms with Crippen molar-refractivity contribution in [3.05, 3.63) is 88.5 Å². The molecule has 5 nitrogen and oxygen atoms in total. The van der Waals surface area contributed by atoms with Crippen LogP contribution < -0.4 is 5.56 Å². The molecule has 4 aromatic rings. The van der Waals surface area contributed by atoms with Gasteiger partial charge in [-0.1, -0.05) is 43.0 Å². The lowest BCUT2D eigenvalue weighted by molar-refractivity contribution is 0.101. The maximum absolute atomic E-state index is 13.3. The molecule has 0 atom stereocenters. The number of nitrogens with zero attached hydrogens (tertiary/aromatic N) is 3. The third-order valence-corrected chi connectivity index (χ3v) is 5.85. The highest BCUT2D eigenvalue weighted by Crippen LogP contribution is 2.22. The fourth-order valence-electron chi connectivity index (χ4n) is 3.27. The van der Waals surface area contributed by atoms with Crippen molar-refractivity contribution in [1.29, 1.82) is 0 Å². The van der Waals surface area contributed by atoms with E-state index in [1.54, 1.807) is 21.3 Å². The fourth-order valence-corrected chi connectivity index (χ4v) is 4.16. The number of aryl methyl sites for hydroxylation is 2. The Bertz CT molecular complexity index is 1240. The minimum absolute atomic E-state index is 0.00205. The van der Waals surface area contributed by atoms with Gasteiger partial charge in [-0.25, -0.2) is 4.98 Å². The van der Waals surface area contributed by atoms with Crippen molar-refractivity contribution in [2.45, 2.75) is 18.5 Å². The summed E-state index contributed by atoms with van der Waals surface area (Å²) < 4.78 is 3.40. The van der Waals surface area contributed by atoms with E-state index in [2.05, 4.69) is 6.92 Å². The first-order chi connectivity index (χ1) is 14.1. The van der Waals surface area contributed by atoms with Crippen LogP contribution in [-0.4, -0.2) is 25.7 Å². The number of aromatic nitrogens is 3. The lowest BCUT2D eigenvalue weighted by atomic mass is 10.1. The van der Waals surface area contributed by atoms with E-state index in [0.717, 1.165) is 12.1 Å². The number of benzene rings is 2. The van der Waals surface area contributed by atoms with Gasteiger partial charge in [0.25, 0.3) is 5.56 Å². The average Bonchev–Trinajstić information content (AvgIpc) is 3.18. The minimum atomic E-state index is -0.131. The molecule has 146 valence electrons. The van der Waals surface area contributed by atoms with Gasteiger partial charge in [0.15, 0.2) is 10.9 Å². The molecule has 0 N–H and O–H groups in total. The Morgan fingerprint density at radius 2 is 1.79 bits per heavy atom. The quantitative estimate of drug-likeness (QED) is 0.274. The Hall–Kier alpha value is -3.12. The summed E-state index contributed by atoms with van der Waals surface area (Å²) in [6.45, 7) is 2.09. The summed E-state index contributed by atoms with van der Waals surface area (Å²) in [7, 11) is 1.84. The lowest BCUT2D eigenvalue weighted by Gasteiger charge is -2.13. The molecule has 0 radical (unpaired) electrons. The third kappa shape index (κ3) is 3.76. The van der Waals surface area contributed by atoms with Gasteiger partial charge in [-0.15, -0.1) is 0 Å². The van der Waals surface area contributed by atoms with Gasteiger partial charge in [0.2, 0.25) is 0 Å². The molecule has 0 saturated heterocycles. The Kier molecular flexibility index (Phi) is 5.36. The Balaban J connectivity index is 1.77. The van der Waals surface area contributed by atoms with Crippen LogP contribution in [0.4, 0.5) is 0 Å². The second kappa shape index (κ2) is 8.09. The zero-order valence-electron chi connectivity index (χ0n) is 16.3. The van der Waals surface area contributed by atoms with Gasteiger partial charge >= 0.3 is 0 Å². The minimum Gasteiger partial charge on any atom is -0.348 e. The number of hydrogen-bond donors (Lipinski definition) is 0. The Labute approximate surface area is 173 Å². The highest BCUT2D eigenvalue weighted by Gasteiger charge is 2.16. The van der Waals surface area contributed by atoms with Gasteiger partial charge in [-0.05, 0) is 48.4 Å². The summed E-state index contributed by atoms with van der Waals surface area (Å²) in [5.74, 6) is 0.202. The number of ketones is 1. The molecule has 4 rings (SSSR count). The number of Topliss-reactive ketones (excluding diaryl/α,β-unsaturated/α-hetero) is 1. The summed E-state index contributed by atoms with van der Waals surface area (Å²) in [6, 6.07) is 18.8. The van der Waals surface area contributed by atoms with E-state index in [1.807, 2.05) is 61.8 Å². The van der Waals surface area contributed by atoms with Crippen LogP contribution in [0.25, 0.3) is 16.6 Å². The Morgan fingerprint density at radius 3 is 2.48 bits per heavy atom.